The lowest BCUT2D eigenvalue weighted by atomic mass is 10.1. The van der Waals surface area contributed by atoms with E-state index < -0.39 is 23.4 Å². The largest absolute Gasteiger partial charge is 0.322 e. The van der Waals surface area contributed by atoms with Gasteiger partial charge in [0.05, 0.1) is 0 Å². The zero-order valence-electron chi connectivity index (χ0n) is 14.4. The molecule has 0 radical (unpaired) electrons. The molecule has 0 bridgehead atoms. The Bertz CT molecular complexity index is 1020. The summed E-state index contributed by atoms with van der Waals surface area (Å²) < 4.78 is 26.6. The van der Waals surface area contributed by atoms with Crippen LogP contribution >= 0.6 is 0 Å². The molecule has 0 aliphatic rings. The van der Waals surface area contributed by atoms with Crippen LogP contribution in [-0.2, 0) is 0 Å². The van der Waals surface area contributed by atoms with Gasteiger partial charge < -0.3 is 10.6 Å². The van der Waals surface area contributed by atoms with Crippen LogP contribution in [0.2, 0.25) is 0 Å². The first-order valence-corrected chi connectivity index (χ1v) is 8.17. The zero-order chi connectivity index (χ0) is 19.4. The molecule has 3 aromatic carbocycles. The average molecular weight is 366 g/mol. The summed E-state index contributed by atoms with van der Waals surface area (Å²) in [7, 11) is 0. The Morgan fingerprint density at radius 3 is 1.85 bits per heavy atom. The molecule has 0 aromatic heterocycles. The maximum Gasteiger partial charge on any atom is 0.255 e. The smallest absolute Gasteiger partial charge is 0.255 e. The van der Waals surface area contributed by atoms with Gasteiger partial charge in [0, 0.05) is 22.5 Å². The van der Waals surface area contributed by atoms with E-state index in [9.17, 15) is 18.4 Å². The molecular weight excluding hydrogens is 350 g/mol. The van der Waals surface area contributed by atoms with E-state index in [0.29, 0.717) is 11.4 Å². The van der Waals surface area contributed by atoms with Gasteiger partial charge in [0.1, 0.15) is 11.6 Å². The van der Waals surface area contributed by atoms with E-state index in [1.165, 1.54) is 36.4 Å². The Kier molecular flexibility index (Phi) is 5.26. The number of nitrogens with one attached hydrogen (secondary N) is 2. The van der Waals surface area contributed by atoms with E-state index in [1.807, 2.05) is 0 Å². The van der Waals surface area contributed by atoms with E-state index in [-0.39, 0.29) is 11.1 Å². The van der Waals surface area contributed by atoms with Crippen molar-refractivity contribution in [2.24, 2.45) is 0 Å². The van der Waals surface area contributed by atoms with Gasteiger partial charge in [-0.25, -0.2) is 8.78 Å². The van der Waals surface area contributed by atoms with Crippen LogP contribution in [0, 0.1) is 18.6 Å². The third kappa shape index (κ3) is 4.55. The first kappa shape index (κ1) is 18.3. The highest BCUT2D eigenvalue weighted by molar-refractivity contribution is 6.06. The number of benzene rings is 3. The quantitative estimate of drug-likeness (QED) is 0.698. The molecule has 0 saturated carbocycles. The lowest BCUT2D eigenvalue weighted by Crippen LogP contribution is -2.15. The molecule has 0 heterocycles. The van der Waals surface area contributed by atoms with Crippen LogP contribution in [0.25, 0.3) is 0 Å². The number of aryl methyl sites for hydroxylation is 1. The fourth-order valence-corrected chi connectivity index (χ4v) is 2.49. The number of amides is 2. The van der Waals surface area contributed by atoms with Crippen LogP contribution < -0.4 is 10.6 Å². The summed E-state index contributed by atoms with van der Waals surface area (Å²) >= 11 is 0. The Balaban J connectivity index is 1.78. The normalized spacial score (nSPS) is 10.3. The van der Waals surface area contributed by atoms with Crippen molar-refractivity contribution in [3.8, 4) is 0 Å². The topological polar surface area (TPSA) is 58.2 Å². The van der Waals surface area contributed by atoms with Gasteiger partial charge in [-0.2, -0.15) is 0 Å². The summed E-state index contributed by atoms with van der Waals surface area (Å²) in [4.78, 5) is 24.5. The summed E-state index contributed by atoms with van der Waals surface area (Å²) in [5, 5.41) is 5.36. The number of hydrogen-bond acceptors (Lipinski definition) is 2. The van der Waals surface area contributed by atoms with Crippen molar-refractivity contribution in [2.75, 3.05) is 10.6 Å². The second-order valence-electron chi connectivity index (χ2n) is 5.96. The van der Waals surface area contributed by atoms with Crippen LogP contribution in [0.4, 0.5) is 20.2 Å². The Labute approximate surface area is 154 Å². The molecule has 0 aliphatic carbocycles. The van der Waals surface area contributed by atoms with Crippen molar-refractivity contribution in [1.82, 2.24) is 0 Å². The van der Waals surface area contributed by atoms with Crippen molar-refractivity contribution in [1.29, 1.82) is 0 Å². The van der Waals surface area contributed by atoms with Gasteiger partial charge in [0.25, 0.3) is 11.8 Å². The van der Waals surface area contributed by atoms with Crippen molar-refractivity contribution in [2.45, 2.75) is 6.92 Å². The number of rotatable bonds is 4. The number of carbonyl (C=O) groups is 2. The Morgan fingerprint density at radius 2 is 1.30 bits per heavy atom. The van der Waals surface area contributed by atoms with E-state index in [1.54, 1.807) is 25.1 Å². The van der Waals surface area contributed by atoms with Crippen molar-refractivity contribution in [3.05, 3.63) is 95.1 Å². The van der Waals surface area contributed by atoms with Crippen LogP contribution in [0.3, 0.4) is 0 Å². The highest BCUT2D eigenvalue weighted by Gasteiger charge is 2.11. The van der Waals surface area contributed by atoms with Gasteiger partial charge in [-0.3, -0.25) is 9.59 Å². The first-order chi connectivity index (χ1) is 12.9. The van der Waals surface area contributed by atoms with Crippen LogP contribution in [0.15, 0.2) is 66.7 Å². The maximum atomic E-state index is 13.3. The van der Waals surface area contributed by atoms with Gasteiger partial charge in [-0.05, 0) is 61.0 Å². The molecule has 0 saturated heterocycles. The van der Waals surface area contributed by atoms with Crippen molar-refractivity contribution < 1.29 is 18.4 Å². The third-order valence-corrected chi connectivity index (χ3v) is 3.92. The maximum absolute atomic E-state index is 13.3. The standard InChI is InChI=1S/C21H16F2N2O2/c1-13-8-9-18(24-20(26)14-4-2-6-16(22)10-14)12-19(13)25-21(27)15-5-3-7-17(23)11-15/h2-12H,1H3,(H,24,26)(H,25,27). The van der Waals surface area contributed by atoms with Crippen LogP contribution in [0.1, 0.15) is 26.3 Å². The monoisotopic (exact) mass is 366 g/mol. The lowest BCUT2D eigenvalue weighted by molar-refractivity contribution is 0.101. The van der Waals surface area contributed by atoms with Gasteiger partial charge in [-0.1, -0.05) is 18.2 Å². The minimum atomic E-state index is -0.505. The van der Waals surface area contributed by atoms with E-state index in [4.69, 9.17) is 0 Å². The van der Waals surface area contributed by atoms with Gasteiger partial charge in [0.2, 0.25) is 0 Å². The van der Waals surface area contributed by atoms with Crippen molar-refractivity contribution >= 4 is 23.2 Å². The second-order valence-corrected chi connectivity index (χ2v) is 5.96. The number of halogens is 2. The molecule has 3 aromatic rings. The molecule has 0 unspecified atom stereocenters. The third-order valence-electron chi connectivity index (χ3n) is 3.92. The predicted octanol–water partition coefficient (Wildman–Crippen LogP) is 4.78. The van der Waals surface area contributed by atoms with E-state index in [2.05, 4.69) is 10.6 Å². The molecule has 136 valence electrons. The average Bonchev–Trinajstić information content (AvgIpc) is 2.64. The van der Waals surface area contributed by atoms with E-state index >= 15 is 0 Å². The highest BCUT2D eigenvalue weighted by atomic mass is 19.1. The fraction of sp³-hybridized carbons (Fsp3) is 0.0476. The summed E-state index contributed by atoms with van der Waals surface area (Å²) in [5.41, 5.74) is 2.04. The number of hydrogen-bond donors (Lipinski definition) is 2. The lowest BCUT2D eigenvalue weighted by Gasteiger charge is -2.12. The zero-order valence-corrected chi connectivity index (χ0v) is 14.4. The van der Waals surface area contributed by atoms with Gasteiger partial charge in [0.15, 0.2) is 0 Å². The molecule has 3 rings (SSSR count). The van der Waals surface area contributed by atoms with Gasteiger partial charge in [-0.15, -0.1) is 0 Å². The van der Waals surface area contributed by atoms with Crippen molar-refractivity contribution in [3.63, 3.8) is 0 Å². The summed E-state index contributed by atoms with van der Waals surface area (Å²) in [6.45, 7) is 1.79. The Morgan fingerprint density at radius 1 is 0.741 bits per heavy atom. The summed E-state index contributed by atoms with van der Waals surface area (Å²) in [6.07, 6.45) is 0. The van der Waals surface area contributed by atoms with Crippen LogP contribution in [-0.4, -0.2) is 11.8 Å². The molecule has 2 N–H and O–H groups in total. The molecule has 27 heavy (non-hydrogen) atoms. The molecule has 0 aliphatic heterocycles. The molecule has 6 heteroatoms. The minimum Gasteiger partial charge on any atom is -0.322 e. The Hall–Kier alpha value is -3.54. The second kappa shape index (κ2) is 7.78. The minimum absolute atomic E-state index is 0.181. The molecule has 2 amide bonds. The molecule has 0 spiro atoms. The van der Waals surface area contributed by atoms with Gasteiger partial charge >= 0.3 is 0 Å². The molecule has 0 fully saturated rings. The molecule has 4 nitrogen and oxygen atoms in total. The number of anilines is 2. The first-order valence-electron chi connectivity index (χ1n) is 8.17. The summed E-state index contributed by atoms with van der Waals surface area (Å²) in [5.74, 6) is -1.95. The predicted molar refractivity (Wildman–Crippen MR) is 99.9 cm³/mol. The SMILES string of the molecule is Cc1ccc(NC(=O)c2cccc(F)c2)cc1NC(=O)c1cccc(F)c1. The molecular formula is C21H16F2N2O2. The van der Waals surface area contributed by atoms with E-state index in [0.717, 1.165) is 17.7 Å². The highest BCUT2D eigenvalue weighted by Crippen LogP contribution is 2.22. The number of carbonyl (C=O) groups excluding carboxylic acids is 2. The van der Waals surface area contributed by atoms with Crippen LogP contribution in [0.5, 0.6) is 0 Å². The fourth-order valence-electron chi connectivity index (χ4n) is 2.49. The summed E-state index contributed by atoms with van der Waals surface area (Å²) in [6, 6.07) is 15.7. The molecule has 0 atom stereocenters.